The molecule has 18 heavy (non-hydrogen) atoms. The highest BCUT2D eigenvalue weighted by molar-refractivity contribution is 7.09. The van der Waals surface area contributed by atoms with Gasteiger partial charge in [0.1, 0.15) is 5.75 Å². The maximum Gasteiger partial charge on any atom is 0.257 e. The third kappa shape index (κ3) is 2.24. The van der Waals surface area contributed by atoms with Crippen molar-refractivity contribution in [3.05, 3.63) is 52.2 Å². The number of hydrogen-bond acceptors (Lipinski definition) is 3. The molecule has 0 saturated carbocycles. The predicted molar refractivity (Wildman–Crippen MR) is 71.0 cm³/mol. The fourth-order valence-corrected chi connectivity index (χ4v) is 2.75. The van der Waals surface area contributed by atoms with Crippen LogP contribution in [-0.2, 0) is 6.42 Å². The van der Waals surface area contributed by atoms with Crippen LogP contribution in [0.5, 0.6) is 5.75 Å². The molecule has 1 aliphatic rings. The number of aryl methyl sites for hydroxylation is 1. The summed E-state index contributed by atoms with van der Waals surface area (Å²) in [5.41, 5.74) is 0.616. The van der Waals surface area contributed by atoms with Crippen molar-refractivity contribution in [1.82, 2.24) is 5.32 Å². The molecule has 0 bridgehead atoms. The van der Waals surface area contributed by atoms with Crippen molar-refractivity contribution in [1.29, 1.82) is 0 Å². The molecule has 1 N–H and O–H groups in total. The van der Waals surface area contributed by atoms with E-state index in [9.17, 15) is 4.79 Å². The van der Waals surface area contributed by atoms with Gasteiger partial charge in [0.15, 0.2) is 6.23 Å². The Morgan fingerprint density at radius 2 is 2.11 bits per heavy atom. The number of carbonyl (C=O) groups is 1. The number of carbonyl (C=O) groups excluding carboxylic acids is 1. The Kier molecular flexibility index (Phi) is 3.02. The Labute approximate surface area is 109 Å². The van der Waals surface area contributed by atoms with Gasteiger partial charge in [0.2, 0.25) is 0 Å². The second-order valence-corrected chi connectivity index (χ2v) is 5.23. The van der Waals surface area contributed by atoms with Gasteiger partial charge in [-0.3, -0.25) is 4.79 Å². The average molecular weight is 259 g/mol. The molecule has 0 radical (unpaired) electrons. The zero-order valence-electron chi connectivity index (χ0n) is 9.76. The van der Waals surface area contributed by atoms with E-state index in [1.54, 1.807) is 17.4 Å². The maximum atomic E-state index is 11.9. The monoisotopic (exact) mass is 259 g/mol. The Bertz CT molecular complexity index is 551. The summed E-state index contributed by atoms with van der Waals surface area (Å²) >= 11 is 1.73. The van der Waals surface area contributed by atoms with Gasteiger partial charge in [0, 0.05) is 11.3 Å². The summed E-state index contributed by atoms with van der Waals surface area (Å²) in [7, 11) is 0. The van der Waals surface area contributed by atoms with Gasteiger partial charge in [0.25, 0.3) is 5.91 Å². The first-order valence-corrected chi connectivity index (χ1v) is 6.80. The van der Waals surface area contributed by atoms with Gasteiger partial charge in [-0.2, -0.15) is 0 Å². The highest BCUT2D eigenvalue weighted by Crippen LogP contribution is 2.24. The molecular weight excluding hydrogens is 246 g/mol. The molecule has 0 saturated heterocycles. The molecule has 2 heterocycles. The molecule has 1 aromatic heterocycles. The number of hydrogen-bond donors (Lipinski definition) is 1. The number of ether oxygens (including phenoxy) is 1. The van der Waals surface area contributed by atoms with E-state index in [4.69, 9.17) is 4.74 Å². The molecule has 3 rings (SSSR count). The molecule has 0 aliphatic carbocycles. The summed E-state index contributed by atoms with van der Waals surface area (Å²) in [6.45, 7) is 0. The second-order valence-electron chi connectivity index (χ2n) is 4.19. The molecule has 4 heteroatoms. The lowest BCUT2D eigenvalue weighted by Crippen LogP contribution is -2.43. The summed E-state index contributed by atoms with van der Waals surface area (Å²) in [6, 6.07) is 11.5. The average Bonchev–Trinajstić information content (AvgIpc) is 2.90. The standard InChI is InChI=1S/C14H13NO2S/c16-14-11-5-1-2-6-12(11)17-13(15-14)8-7-10-4-3-9-18-10/h1-6,9,13H,7-8H2,(H,15,16). The van der Waals surface area contributed by atoms with Crippen molar-refractivity contribution in [3.8, 4) is 5.75 Å². The van der Waals surface area contributed by atoms with Crippen LogP contribution in [0.2, 0.25) is 0 Å². The normalized spacial score (nSPS) is 17.8. The third-order valence-corrected chi connectivity index (χ3v) is 3.86. The van der Waals surface area contributed by atoms with E-state index < -0.39 is 0 Å². The van der Waals surface area contributed by atoms with Gasteiger partial charge in [-0.05, 0) is 30.0 Å². The Morgan fingerprint density at radius 1 is 1.22 bits per heavy atom. The van der Waals surface area contributed by atoms with Crippen LogP contribution in [0.15, 0.2) is 41.8 Å². The fraction of sp³-hybridized carbons (Fsp3) is 0.214. The topological polar surface area (TPSA) is 38.3 Å². The van der Waals surface area contributed by atoms with Gasteiger partial charge in [-0.15, -0.1) is 11.3 Å². The quantitative estimate of drug-likeness (QED) is 0.920. The largest absolute Gasteiger partial charge is 0.470 e. The first kappa shape index (κ1) is 11.3. The van der Waals surface area contributed by atoms with E-state index in [1.807, 2.05) is 24.3 Å². The van der Waals surface area contributed by atoms with Crippen LogP contribution in [0, 0.1) is 0 Å². The van der Waals surface area contributed by atoms with Crippen LogP contribution in [0.3, 0.4) is 0 Å². The van der Waals surface area contributed by atoms with Crippen LogP contribution in [0.1, 0.15) is 21.7 Å². The molecular formula is C14H13NO2S. The van der Waals surface area contributed by atoms with Gasteiger partial charge in [0.05, 0.1) is 5.56 Å². The summed E-state index contributed by atoms with van der Waals surface area (Å²) in [5, 5.41) is 4.94. The van der Waals surface area contributed by atoms with Gasteiger partial charge >= 0.3 is 0 Å². The number of fused-ring (bicyclic) bond motifs is 1. The molecule has 0 fully saturated rings. The van der Waals surface area contributed by atoms with E-state index in [-0.39, 0.29) is 12.1 Å². The van der Waals surface area contributed by atoms with E-state index in [2.05, 4.69) is 16.8 Å². The Morgan fingerprint density at radius 3 is 2.94 bits per heavy atom. The minimum absolute atomic E-state index is 0.0481. The molecule has 1 aliphatic heterocycles. The number of nitrogens with one attached hydrogen (secondary N) is 1. The van der Waals surface area contributed by atoms with Gasteiger partial charge in [-0.1, -0.05) is 18.2 Å². The molecule has 3 nitrogen and oxygen atoms in total. The van der Waals surface area contributed by atoms with Crippen molar-refractivity contribution in [2.75, 3.05) is 0 Å². The molecule has 1 atom stereocenters. The highest BCUT2D eigenvalue weighted by atomic mass is 32.1. The number of benzene rings is 1. The number of amides is 1. The maximum absolute atomic E-state index is 11.9. The SMILES string of the molecule is O=C1NC(CCc2cccs2)Oc2ccccc21. The van der Waals surface area contributed by atoms with Crippen molar-refractivity contribution in [3.63, 3.8) is 0 Å². The number of thiophene rings is 1. The van der Waals surface area contributed by atoms with Crippen LogP contribution >= 0.6 is 11.3 Å². The molecule has 1 aromatic carbocycles. The van der Waals surface area contributed by atoms with Crippen LogP contribution in [-0.4, -0.2) is 12.1 Å². The zero-order chi connectivity index (χ0) is 12.4. The van der Waals surface area contributed by atoms with Crippen LogP contribution in [0.25, 0.3) is 0 Å². The molecule has 1 amide bonds. The molecule has 0 spiro atoms. The van der Waals surface area contributed by atoms with E-state index >= 15 is 0 Å². The summed E-state index contributed by atoms with van der Waals surface area (Å²) in [6.07, 6.45) is 1.49. The lowest BCUT2D eigenvalue weighted by Gasteiger charge is -2.26. The lowest BCUT2D eigenvalue weighted by atomic mass is 10.1. The smallest absolute Gasteiger partial charge is 0.257 e. The first-order chi connectivity index (χ1) is 8.83. The Balaban J connectivity index is 1.68. The summed E-state index contributed by atoms with van der Waals surface area (Å²) < 4.78 is 5.77. The second kappa shape index (κ2) is 4.82. The van der Waals surface area contributed by atoms with Gasteiger partial charge in [-0.25, -0.2) is 0 Å². The third-order valence-electron chi connectivity index (χ3n) is 2.93. The zero-order valence-corrected chi connectivity index (χ0v) is 10.6. The Hall–Kier alpha value is -1.81. The van der Waals surface area contributed by atoms with Gasteiger partial charge < -0.3 is 10.1 Å². The molecule has 92 valence electrons. The van der Waals surface area contributed by atoms with Crippen molar-refractivity contribution in [2.24, 2.45) is 0 Å². The minimum atomic E-state index is -0.227. The van der Waals surface area contributed by atoms with E-state index in [0.717, 1.165) is 12.8 Å². The highest BCUT2D eigenvalue weighted by Gasteiger charge is 2.24. The minimum Gasteiger partial charge on any atom is -0.470 e. The molecule has 1 unspecified atom stereocenters. The van der Waals surface area contributed by atoms with E-state index in [0.29, 0.717) is 11.3 Å². The van der Waals surface area contributed by atoms with Crippen LogP contribution in [0.4, 0.5) is 0 Å². The summed E-state index contributed by atoms with van der Waals surface area (Å²) in [4.78, 5) is 13.2. The van der Waals surface area contributed by atoms with E-state index in [1.165, 1.54) is 4.88 Å². The van der Waals surface area contributed by atoms with Crippen molar-refractivity contribution < 1.29 is 9.53 Å². The van der Waals surface area contributed by atoms with Crippen molar-refractivity contribution >= 4 is 17.2 Å². The molecule has 2 aromatic rings. The van der Waals surface area contributed by atoms with Crippen LogP contribution < -0.4 is 10.1 Å². The fourth-order valence-electron chi connectivity index (χ4n) is 2.02. The van der Waals surface area contributed by atoms with Crippen molar-refractivity contribution in [2.45, 2.75) is 19.1 Å². The number of rotatable bonds is 3. The lowest BCUT2D eigenvalue weighted by molar-refractivity contribution is 0.0741. The predicted octanol–water partition coefficient (Wildman–Crippen LogP) is 2.83. The first-order valence-electron chi connectivity index (χ1n) is 5.92. The number of para-hydroxylation sites is 1. The summed E-state index contributed by atoms with van der Waals surface area (Å²) in [5.74, 6) is 0.630.